The molecule has 0 aromatic heterocycles. The van der Waals surface area contributed by atoms with Crippen LogP contribution in [-0.4, -0.2) is 19.1 Å². The molecule has 1 rings (SSSR count). The van der Waals surface area contributed by atoms with Crippen LogP contribution in [0.25, 0.3) is 0 Å². The Labute approximate surface area is 108 Å². The number of carbonyl (C=O) groups excluding carboxylic acids is 1. The highest BCUT2D eigenvalue weighted by Crippen LogP contribution is 2.21. The van der Waals surface area contributed by atoms with E-state index in [1.165, 1.54) is 13.2 Å². The minimum absolute atomic E-state index is 0.136. The van der Waals surface area contributed by atoms with Gasteiger partial charge in [0.05, 0.1) is 17.5 Å². The number of hydrogen-bond acceptors (Lipinski definition) is 3. The van der Waals surface area contributed by atoms with Crippen molar-refractivity contribution >= 4 is 27.6 Å². The second kappa shape index (κ2) is 6.00. The van der Waals surface area contributed by atoms with Gasteiger partial charge in [0.1, 0.15) is 5.82 Å². The van der Waals surface area contributed by atoms with Gasteiger partial charge in [-0.05, 0) is 48.0 Å². The van der Waals surface area contributed by atoms with E-state index in [1.54, 1.807) is 19.1 Å². The van der Waals surface area contributed by atoms with E-state index >= 15 is 0 Å². The number of methoxy groups -OCH3 is 1. The van der Waals surface area contributed by atoms with Crippen molar-refractivity contribution in [1.82, 2.24) is 0 Å². The Bertz CT molecular complexity index is 411. The molecule has 0 heterocycles. The fraction of sp³-hybridized carbons (Fsp3) is 0.417. The molecule has 17 heavy (non-hydrogen) atoms. The van der Waals surface area contributed by atoms with E-state index in [2.05, 4.69) is 26.0 Å². The van der Waals surface area contributed by atoms with Gasteiger partial charge >= 0.3 is 5.97 Å². The van der Waals surface area contributed by atoms with E-state index in [1.807, 2.05) is 6.92 Å². The molecule has 0 saturated heterocycles. The van der Waals surface area contributed by atoms with Crippen molar-refractivity contribution in [3.8, 4) is 0 Å². The van der Waals surface area contributed by atoms with Crippen LogP contribution < -0.4 is 5.32 Å². The summed E-state index contributed by atoms with van der Waals surface area (Å²) in [5.41, 5.74) is 0.633. The Kier molecular flexibility index (Phi) is 4.93. The molecule has 1 aromatic carbocycles. The number of benzene rings is 1. The smallest absolute Gasteiger partial charge is 0.310 e. The lowest BCUT2D eigenvalue weighted by atomic mass is 10.0. The molecular formula is C12H15BrFNO2. The van der Waals surface area contributed by atoms with Gasteiger partial charge in [0, 0.05) is 11.7 Å². The maximum absolute atomic E-state index is 13.3. The summed E-state index contributed by atoms with van der Waals surface area (Å²) in [4.78, 5) is 11.3. The number of carbonyl (C=O) groups is 1. The summed E-state index contributed by atoms with van der Waals surface area (Å²) in [6.45, 7) is 3.61. The van der Waals surface area contributed by atoms with Gasteiger partial charge < -0.3 is 10.1 Å². The molecule has 5 heteroatoms. The van der Waals surface area contributed by atoms with Crippen molar-refractivity contribution in [2.24, 2.45) is 5.92 Å². The SMILES string of the molecule is COC(=O)C(C)C(C)Nc1ccc(Br)c(F)c1. The Hall–Kier alpha value is -1.10. The highest BCUT2D eigenvalue weighted by Gasteiger charge is 2.20. The van der Waals surface area contributed by atoms with Crippen LogP contribution in [0.1, 0.15) is 13.8 Å². The molecule has 0 radical (unpaired) electrons. The first kappa shape index (κ1) is 14.0. The zero-order valence-electron chi connectivity index (χ0n) is 9.96. The maximum Gasteiger partial charge on any atom is 0.310 e. The molecule has 3 nitrogen and oxygen atoms in total. The lowest BCUT2D eigenvalue weighted by Crippen LogP contribution is -2.30. The summed E-state index contributed by atoms with van der Waals surface area (Å²) in [6.07, 6.45) is 0. The molecule has 0 amide bonds. The second-order valence-corrected chi connectivity index (χ2v) is 4.73. The Morgan fingerprint density at radius 2 is 2.12 bits per heavy atom. The van der Waals surface area contributed by atoms with E-state index in [-0.39, 0.29) is 23.7 Å². The Morgan fingerprint density at radius 1 is 1.47 bits per heavy atom. The second-order valence-electron chi connectivity index (χ2n) is 3.87. The minimum atomic E-state index is -0.340. The molecule has 0 aliphatic rings. The third-order valence-corrected chi connectivity index (χ3v) is 3.28. The standard InChI is InChI=1S/C12H15BrFNO2/c1-7(12(16)17-3)8(2)15-9-4-5-10(13)11(14)6-9/h4-8,15H,1-3H3. The molecule has 2 atom stereocenters. The van der Waals surface area contributed by atoms with Gasteiger partial charge in [-0.3, -0.25) is 4.79 Å². The van der Waals surface area contributed by atoms with Crippen LogP contribution in [0.2, 0.25) is 0 Å². The van der Waals surface area contributed by atoms with Crippen LogP contribution in [0.5, 0.6) is 0 Å². The highest BCUT2D eigenvalue weighted by molar-refractivity contribution is 9.10. The van der Waals surface area contributed by atoms with Crippen LogP contribution in [0, 0.1) is 11.7 Å². The molecule has 1 aromatic rings. The van der Waals surface area contributed by atoms with Crippen LogP contribution in [0.3, 0.4) is 0 Å². The normalized spacial score (nSPS) is 13.9. The molecule has 1 N–H and O–H groups in total. The summed E-state index contributed by atoms with van der Waals surface area (Å²) >= 11 is 3.08. The van der Waals surface area contributed by atoms with E-state index in [4.69, 9.17) is 0 Å². The molecule has 0 fully saturated rings. The highest BCUT2D eigenvalue weighted by atomic mass is 79.9. The number of nitrogens with one attached hydrogen (secondary N) is 1. The predicted octanol–water partition coefficient (Wildman–Crippen LogP) is 3.20. The van der Waals surface area contributed by atoms with E-state index in [0.29, 0.717) is 10.2 Å². The van der Waals surface area contributed by atoms with E-state index in [0.717, 1.165) is 0 Å². The minimum Gasteiger partial charge on any atom is -0.469 e. The van der Waals surface area contributed by atoms with Crippen LogP contribution in [-0.2, 0) is 9.53 Å². The van der Waals surface area contributed by atoms with E-state index in [9.17, 15) is 9.18 Å². The van der Waals surface area contributed by atoms with Gasteiger partial charge in [-0.1, -0.05) is 0 Å². The number of hydrogen-bond donors (Lipinski definition) is 1. The van der Waals surface area contributed by atoms with Crippen LogP contribution >= 0.6 is 15.9 Å². The van der Waals surface area contributed by atoms with Crippen molar-refractivity contribution in [3.05, 3.63) is 28.5 Å². The molecule has 0 spiro atoms. The topological polar surface area (TPSA) is 38.3 Å². The van der Waals surface area contributed by atoms with Crippen molar-refractivity contribution in [3.63, 3.8) is 0 Å². The molecular weight excluding hydrogens is 289 g/mol. The number of rotatable bonds is 4. The molecule has 94 valence electrons. The fourth-order valence-corrected chi connectivity index (χ4v) is 1.61. The lowest BCUT2D eigenvalue weighted by Gasteiger charge is -2.20. The van der Waals surface area contributed by atoms with Crippen molar-refractivity contribution in [2.75, 3.05) is 12.4 Å². The molecule has 0 aliphatic heterocycles. The van der Waals surface area contributed by atoms with Gasteiger partial charge in [0.15, 0.2) is 0 Å². The first-order valence-corrected chi connectivity index (χ1v) is 6.04. The summed E-state index contributed by atoms with van der Waals surface area (Å²) in [6, 6.07) is 4.61. The Morgan fingerprint density at radius 3 is 2.65 bits per heavy atom. The van der Waals surface area contributed by atoms with E-state index < -0.39 is 0 Å². The summed E-state index contributed by atoms with van der Waals surface area (Å²) in [7, 11) is 1.35. The van der Waals surface area contributed by atoms with Gasteiger partial charge in [0.25, 0.3) is 0 Å². The van der Waals surface area contributed by atoms with Crippen molar-refractivity contribution in [1.29, 1.82) is 0 Å². The predicted molar refractivity (Wildman–Crippen MR) is 68.4 cm³/mol. The zero-order valence-corrected chi connectivity index (χ0v) is 11.5. The number of halogens is 2. The number of anilines is 1. The van der Waals surface area contributed by atoms with Gasteiger partial charge in [-0.15, -0.1) is 0 Å². The number of esters is 1. The monoisotopic (exact) mass is 303 g/mol. The zero-order chi connectivity index (χ0) is 13.0. The Balaban J connectivity index is 2.70. The summed E-state index contributed by atoms with van der Waals surface area (Å²) < 4.78 is 18.3. The maximum atomic E-state index is 13.3. The number of ether oxygens (including phenoxy) is 1. The largest absolute Gasteiger partial charge is 0.469 e. The third-order valence-electron chi connectivity index (χ3n) is 2.64. The average Bonchev–Trinajstić information content (AvgIpc) is 2.31. The summed E-state index contributed by atoms with van der Waals surface area (Å²) in [5.74, 6) is -0.929. The van der Waals surface area contributed by atoms with Crippen LogP contribution in [0.4, 0.5) is 10.1 Å². The molecule has 0 bridgehead atoms. The van der Waals surface area contributed by atoms with Crippen LogP contribution in [0.15, 0.2) is 22.7 Å². The first-order valence-electron chi connectivity index (χ1n) is 5.25. The van der Waals surface area contributed by atoms with Gasteiger partial charge in [-0.25, -0.2) is 4.39 Å². The summed E-state index contributed by atoms with van der Waals surface area (Å²) in [5, 5.41) is 3.06. The van der Waals surface area contributed by atoms with Crippen molar-refractivity contribution < 1.29 is 13.9 Å². The average molecular weight is 304 g/mol. The lowest BCUT2D eigenvalue weighted by molar-refractivity contribution is -0.145. The third kappa shape index (κ3) is 3.70. The van der Waals surface area contributed by atoms with Gasteiger partial charge in [0.2, 0.25) is 0 Å². The quantitative estimate of drug-likeness (QED) is 0.868. The first-order chi connectivity index (χ1) is 7.95. The molecule has 0 saturated carbocycles. The molecule has 0 aliphatic carbocycles. The van der Waals surface area contributed by atoms with Crippen molar-refractivity contribution in [2.45, 2.75) is 19.9 Å². The molecule has 2 unspecified atom stereocenters. The fourth-order valence-electron chi connectivity index (χ4n) is 1.36. The van der Waals surface area contributed by atoms with Gasteiger partial charge in [-0.2, -0.15) is 0 Å².